The third kappa shape index (κ3) is 2.53. The van der Waals surface area contributed by atoms with Gasteiger partial charge in [0.2, 0.25) is 5.91 Å². The highest BCUT2D eigenvalue weighted by molar-refractivity contribution is 6.00. The summed E-state index contributed by atoms with van der Waals surface area (Å²) in [6.07, 6.45) is 4.00. The van der Waals surface area contributed by atoms with Gasteiger partial charge in [0.05, 0.1) is 17.8 Å². The summed E-state index contributed by atoms with van der Waals surface area (Å²) >= 11 is 0. The Morgan fingerprint density at radius 3 is 2.76 bits per heavy atom. The Labute approximate surface area is 124 Å². The number of benzene rings is 1. The molecule has 0 spiro atoms. The average molecular weight is 281 g/mol. The van der Waals surface area contributed by atoms with Crippen molar-refractivity contribution in [2.24, 2.45) is 0 Å². The monoisotopic (exact) mass is 281 g/mol. The van der Waals surface area contributed by atoms with E-state index in [9.17, 15) is 4.79 Å². The number of rotatable bonds is 2. The summed E-state index contributed by atoms with van der Waals surface area (Å²) in [5, 5.41) is 2.98. The van der Waals surface area contributed by atoms with Crippen molar-refractivity contribution < 1.29 is 4.79 Å². The van der Waals surface area contributed by atoms with E-state index < -0.39 is 0 Å². The molecule has 2 heterocycles. The van der Waals surface area contributed by atoms with Gasteiger partial charge in [0.15, 0.2) is 0 Å². The zero-order valence-electron chi connectivity index (χ0n) is 12.7. The van der Waals surface area contributed by atoms with Crippen LogP contribution in [0.5, 0.6) is 0 Å². The Morgan fingerprint density at radius 1 is 1.24 bits per heavy atom. The minimum atomic E-state index is -0.00917. The number of anilines is 1. The first-order valence-corrected chi connectivity index (χ1v) is 7.34. The number of hydrogen-bond acceptors (Lipinski definition) is 3. The van der Waals surface area contributed by atoms with Gasteiger partial charge in [0.1, 0.15) is 5.82 Å². The van der Waals surface area contributed by atoms with Gasteiger partial charge in [-0.2, -0.15) is 0 Å². The fourth-order valence-corrected chi connectivity index (χ4v) is 2.63. The molecule has 2 aromatic rings. The highest BCUT2D eigenvalue weighted by atomic mass is 16.1. The number of hydrogen-bond donors (Lipinski definition) is 1. The van der Waals surface area contributed by atoms with Gasteiger partial charge in [-0.05, 0) is 43.5 Å². The van der Waals surface area contributed by atoms with Crippen molar-refractivity contribution in [3.63, 3.8) is 0 Å². The Hall–Kier alpha value is -2.23. The second kappa shape index (κ2) is 5.28. The van der Waals surface area contributed by atoms with E-state index in [-0.39, 0.29) is 5.91 Å². The van der Waals surface area contributed by atoms with E-state index >= 15 is 0 Å². The SMILES string of the molecule is CCCc1ncc2c(n1)-c1cc(C)c(C)cc1NC(=O)C2. The van der Waals surface area contributed by atoms with Crippen LogP contribution in [-0.4, -0.2) is 15.9 Å². The Balaban J connectivity index is 2.23. The normalized spacial score (nSPS) is 13.2. The summed E-state index contributed by atoms with van der Waals surface area (Å²) in [5.41, 5.74) is 6.01. The van der Waals surface area contributed by atoms with Gasteiger partial charge < -0.3 is 5.32 Å². The van der Waals surface area contributed by atoms with Crippen LogP contribution in [0.2, 0.25) is 0 Å². The lowest BCUT2D eigenvalue weighted by molar-refractivity contribution is -0.115. The van der Waals surface area contributed by atoms with Crippen LogP contribution in [0.3, 0.4) is 0 Å². The number of carbonyl (C=O) groups excluding carboxylic acids is 1. The van der Waals surface area contributed by atoms with E-state index in [0.29, 0.717) is 6.42 Å². The van der Waals surface area contributed by atoms with Gasteiger partial charge in [-0.3, -0.25) is 4.79 Å². The summed E-state index contributed by atoms with van der Waals surface area (Å²) in [6, 6.07) is 4.14. The first-order valence-electron chi connectivity index (χ1n) is 7.34. The van der Waals surface area contributed by atoms with Crippen molar-refractivity contribution in [2.75, 3.05) is 5.32 Å². The maximum atomic E-state index is 12.0. The summed E-state index contributed by atoms with van der Waals surface area (Å²) in [5.74, 6) is 0.833. The maximum absolute atomic E-state index is 12.0. The summed E-state index contributed by atoms with van der Waals surface area (Å²) in [4.78, 5) is 21.1. The number of aryl methyl sites for hydroxylation is 3. The molecule has 0 saturated heterocycles. The lowest BCUT2D eigenvalue weighted by atomic mass is 9.99. The largest absolute Gasteiger partial charge is 0.325 e. The molecular formula is C17H19N3O. The quantitative estimate of drug-likeness (QED) is 0.919. The summed E-state index contributed by atoms with van der Waals surface area (Å²) in [7, 11) is 0. The van der Waals surface area contributed by atoms with Crippen LogP contribution in [0, 0.1) is 13.8 Å². The summed E-state index contributed by atoms with van der Waals surface area (Å²) < 4.78 is 0. The molecule has 0 saturated carbocycles. The molecular weight excluding hydrogens is 262 g/mol. The van der Waals surface area contributed by atoms with Gasteiger partial charge in [-0.25, -0.2) is 9.97 Å². The molecule has 0 radical (unpaired) electrons. The molecule has 1 aliphatic heterocycles. The molecule has 108 valence electrons. The maximum Gasteiger partial charge on any atom is 0.228 e. The second-order valence-corrected chi connectivity index (χ2v) is 5.62. The van der Waals surface area contributed by atoms with Crippen LogP contribution in [0.1, 0.15) is 35.9 Å². The lowest BCUT2D eigenvalue weighted by Gasteiger charge is -2.12. The number of fused-ring (bicyclic) bond motifs is 3. The van der Waals surface area contributed by atoms with Gasteiger partial charge in [-0.15, -0.1) is 0 Å². The van der Waals surface area contributed by atoms with Gasteiger partial charge in [0.25, 0.3) is 0 Å². The summed E-state index contributed by atoms with van der Waals surface area (Å²) in [6.45, 7) is 6.24. The van der Waals surface area contributed by atoms with Crippen LogP contribution in [-0.2, 0) is 17.6 Å². The highest BCUT2D eigenvalue weighted by Crippen LogP contribution is 2.34. The Bertz CT molecular complexity index is 722. The first kappa shape index (κ1) is 13.7. The van der Waals surface area contributed by atoms with Gasteiger partial charge >= 0.3 is 0 Å². The third-order valence-corrected chi connectivity index (χ3v) is 3.90. The van der Waals surface area contributed by atoms with Crippen molar-refractivity contribution in [1.82, 2.24) is 9.97 Å². The Morgan fingerprint density at radius 2 is 2.00 bits per heavy atom. The smallest absolute Gasteiger partial charge is 0.228 e. The van der Waals surface area contributed by atoms with Crippen LogP contribution in [0.25, 0.3) is 11.3 Å². The number of nitrogens with one attached hydrogen (secondary N) is 1. The second-order valence-electron chi connectivity index (χ2n) is 5.62. The molecule has 0 unspecified atom stereocenters. The zero-order chi connectivity index (χ0) is 15.0. The van der Waals surface area contributed by atoms with Crippen molar-refractivity contribution in [3.05, 3.63) is 40.8 Å². The predicted octanol–water partition coefficient (Wildman–Crippen LogP) is 3.21. The van der Waals surface area contributed by atoms with Gasteiger partial charge in [0, 0.05) is 23.7 Å². The Kier molecular flexibility index (Phi) is 3.45. The van der Waals surface area contributed by atoms with Crippen LogP contribution >= 0.6 is 0 Å². The molecule has 0 atom stereocenters. The standard InChI is InChI=1S/C17H19N3O/c1-4-5-15-18-9-12-8-16(21)19-14-7-11(3)10(2)6-13(14)17(12)20-15/h6-7,9H,4-5,8H2,1-3H3,(H,19,21). The van der Waals surface area contributed by atoms with Crippen molar-refractivity contribution in [1.29, 1.82) is 0 Å². The molecule has 1 amide bonds. The molecule has 0 bridgehead atoms. The van der Waals surface area contributed by atoms with E-state index in [1.807, 2.05) is 6.07 Å². The minimum absolute atomic E-state index is 0.00917. The van der Waals surface area contributed by atoms with Crippen LogP contribution < -0.4 is 5.32 Å². The predicted molar refractivity (Wildman–Crippen MR) is 83.3 cm³/mol. The molecule has 4 heteroatoms. The molecule has 0 aliphatic carbocycles. The van der Waals surface area contributed by atoms with Crippen molar-refractivity contribution in [3.8, 4) is 11.3 Å². The third-order valence-electron chi connectivity index (χ3n) is 3.90. The molecule has 1 N–H and O–H groups in total. The lowest BCUT2D eigenvalue weighted by Crippen LogP contribution is -2.13. The van der Waals surface area contributed by atoms with E-state index in [4.69, 9.17) is 4.98 Å². The van der Waals surface area contributed by atoms with Gasteiger partial charge in [-0.1, -0.05) is 6.92 Å². The molecule has 3 rings (SSSR count). The molecule has 1 aliphatic rings. The fourth-order valence-electron chi connectivity index (χ4n) is 2.63. The molecule has 1 aromatic heterocycles. The van der Waals surface area contributed by atoms with Crippen molar-refractivity contribution >= 4 is 11.6 Å². The highest BCUT2D eigenvalue weighted by Gasteiger charge is 2.21. The molecule has 4 nitrogen and oxygen atoms in total. The fraction of sp³-hybridized carbons (Fsp3) is 0.353. The number of aromatic nitrogens is 2. The molecule has 21 heavy (non-hydrogen) atoms. The average Bonchev–Trinajstić information content (AvgIpc) is 2.56. The number of amides is 1. The number of nitrogens with zero attached hydrogens (tertiary/aromatic N) is 2. The zero-order valence-corrected chi connectivity index (χ0v) is 12.7. The van der Waals surface area contributed by atoms with E-state index in [1.54, 1.807) is 6.20 Å². The van der Waals surface area contributed by atoms with E-state index in [2.05, 4.69) is 37.1 Å². The first-order chi connectivity index (χ1) is 10.1. The number of carbonyl (C=O) groups is 1. The molecule has 1 aromatic carbocycles. The van der Waals surface area contributed by atoms with E-state index in [0.717, 1.165) is 41.2 Å². The topological polar surface area (TPSA) is 54.9 Å². The van der Waals surface area contributed by atoms with Crippen molar-refractivity contribution in [2.45, 2.75) is 40.0 Å². The molecule has 0 fully saturated rings. The minimum Gasteiger partial charge on any atom is -0.325 e. The van der Waals surface area contributed by atoms with Crippen LogP contribution in [0.4, 0.5) is 5.69 Å². The van der Waals surface area contributed by atoms with Crippen LogP contribution in [0.15, 0.2) is 18.3 Å². The van der Waals surface area contributed by atoms with E-state index in [1.165, 1.54) is 11.1 Å².